The van der Waals surface area contributed by atoms with Crippen molar-refractivity contribution >= 4 is 10.8 Å². The minimum atomic E-state index is 0.668. The Kier molecular flexibility index (Phi) is 4.70. The number of rotatable bonds is 3. The molecule has 0 saturated heterocycles. The number of fused-ring (bicyclic) bond motifs is 1. The van der Waals surface area contributed by atoms with Crippen LogP contribution >= 0.6 is 0 Å². The van der Waals surface area contributed by atoms with Crippen LogP contribution in [0.5, 0.6) is 0 Å². The molecule has 0 spiro atoms. The predicted octanol–water partition coefficient (Wildman–Crippen LogP) is 6.61. The number of pyridine rings is 1. The molecule has 1 aliphatic rings. The fraction of sp³-hybridized carbons (Fsp3) is 0.444. The van der Waals surface area contributed by atoms with E-state index < -0.39 is 0 Å². The number of hydrogen-bond donors (Lipinski definition) is 0. The largest absolute Gasteiger partial charge is 0.220 e. The highest BCUT2D eigenvalue weighted by Gasteiger charge is 2.22. The van der Waals surface area contributed by atoms with E-state index in [4.69, 9.17) is 1.37 Å². The topological polar surface area (TPSA) is 3.88 Å². The van der Waals surface area contributed by atoms with Crippen molar-refractivity contribution < 1.29 is 5.94 Å². The van der Waals surface area contributed by atoms with Crippen LogP contribution in [-0.4, -0.2) is 0 Å². The zero-order valence-electron chi connectivity index (χ0n) is 19.4. The van der Waals surface area contributed by atoms with Crippen LogP contribution < -0.4 is 4.57 Å². The van der Waals surface area contributed by atoms with Gasteiger partial charge in [-0.3, -0.25) is 0 Å². The van der Waals surface area contributed by atoms with Gasteiger partial charge in [0.05, 0.1) is 12.3 Å². The summed E-state index contributed by atoms with van der Waals surface area (Å²) in [4.78, 5) is 0. The lowest BCUT2D eigenvalue weighted by atomic mass is 9.90. The van der Waals surface area contributed by atoms with Crippen LogP contribution in [0, 0.1) is 40.5 Å². The molecule has 0 aliphatic heterocycles. The standard InChI is InChI=1S/C27H34N/c1-17-11-18(2)21(5)25(12-17)27-26-13-19(3)23(15-22-9-7-8-10-22)16-24(26)14-20(4)28(27)6/h11-14,16,22H,7-10,15H2,1-6H3/q+1/i14D. The summed E-state index contributed by atoms with van der Waals surface area (Å²) in [5.74, 6) is 0.822. The molecule has 1 saturated carbocycles. The second kappa shape index (κ2) is 7.35. The molecular formula is C27H34N+. The van der Waals surface area contributed by atoms with Gasteiger partial charge in [0.15, 0.2) is 5.69 Å². The summed E-state index contributed by atoms with van der Waals surface area (Å²) in [6.07, 6.45) is 6.65. The molecule has 2 aromatic carbocycles. The molecule has 0 unspecified atom stereocenters. The van der Waals surface area contributed by atoms with Gasteiger partial charge in [0.25, 0.3) is 0 Å². The molecule has 3 aromatic rings. The Bertz CT molecular complexity index is 1100. The second-order valence-electron chi connectivity index (χ2n) is 9.05. The first-order chi connectivity index (χ1) is 13.8. The Labute approximate surface area is 171 Å². The molecule has 1 heterocycles. The summed E-state index contributed by atoms with van der Waals surface area (Å²) in [6, 6.07) is 9.92. The molecule has 28 heavy (non-hydrogen) atoms. The summed E-state index contributed by atoms with van der Waals surface area (Å²) in [7, 11) is 2.11. The maximum atomic E-state index is 8.86. The Morgan fingerprint density at radius 3 is 2.39 bits per heavy atom. The fourth-order valence-electron chi connectivity index (χ4n) is 5.04. The minimum absolute atomic E-state index is 0.668. The second-order valence-corrected chi connectivity index (χ2v) is 9.05. The summed E-state index contributed by atoms with van der Waals surface area (Å²) in [5.41, 5.74) is 10.3. The van der Waals surface area contributed by atoms with Crippen LogP contribution in [0.2, 0.25) is 0 Å². The van der Waals surface area contributed by atoms with Crippen molar-refractivity contribution in [2.24, 2.45) is 13.0 Å². The molecule has 4 rings (SSSR count). The first-order valence-electron chi connectivity index (χ1n) is 11.3. The highest BCUT2D eigenvalue weighted by atomic mass is 14.9. The van der Waals surface area contributed by atoms with Gasteiger partial charge in [-0.05, 0) is 79.8 Å². The number of aryl methyl sites for hydroxylation is 3. The predicted molar refractivity (Wildman–Crippen MR) is 120 cm³/mol. The highest BCUT2D eigenvalue weighted by molar-refractivity contribution is 5.95. The average molecular weight is 374 g/mol. The van der Waals surface area contributed by atoms with Gasteiger partial charge in [-0.1, -0.05) is 43.4 Å². The molecule has 1 heteroatoms. The summed E-state index contributed by atoms with van der Waals surface area (Å²) < 4.78 is 11.1. The van der Waals surface area contributed by atoms with Crippen molar-refractivity contribution in [3.8, 4) is 11.3 Å². The third kappa shape index (κ3) is 3.36. The molecule has 0 radical (unpaired) electrons. The van der Waals surface area contributed by atoms with Gasteiger partial charge >= 0.3 is 0 Å². The van der Waals surface area contributed by atoms with Crippen LogP contribution in [-0.2, 0) is 13.5 Å². The van der Waals surface area contributed by atoms with Gasteiger partial charge in [-0.25, -0.2) is 0 Å². The quantitative estimate of drug-likeness (QED) is 0.455. The Morgan fingerprint density at radius 2 is 1.68 bits per heavy atom. The summed E-state index contributed by atoms with van der Waals surface area (Å²) in [6.45, 7) is 10.9. The van der Waals surface area contributed by atoms with Crippen molar-refractivity contribution in [1.82, 2.24) is 0 Å². The maximum Gasteiger partial charge on any atom is 0.220 e. The van der Waals surface area contributed by atoms with Crippen LogP contribution in [0.1, 0.15) is 60.6 Å². The molecule has 1 fully saturated rings. The van der Waals surface area contributed by atoms with Crippen LogP contribution in [0.3, 0.4) is 0 Å². The van der Waals surface area contributed by atoms with Gasteiger partial charge in [0, 0.05) is 13.0 Å². The smallest absolute Gasteiger partial charge is 0.198 e. The molecule has 1 aromatic heterocycles. The van der Waals surface area contributed by atoms with E-state index in [1.807, 2.05) is 0 Å². The molecule has 1 nitrogen and oxygen atoms in total. The van der Waals surface area contributed by atoms with E-state index in [1.54, 1.807) is 0 Å². The zero-order chi connectivity index (χ0) is 20.9. The maximum absolute atomic E-state index is 8.86. The Balaban J connectivity index is 1.99. The van der Waals surface area contributed by atoms with E-state index in [9.17, 15) is 0 Å². The van der Waals surface area contributed by atoms with Gasteiger partial charge in [-0.2, -0.15) is 4.57 Å². The first-order valence-corrected chi connectivity index (χ1v) is 10.8. The third-order valence-electron chi connectivity index (χ3n) is 6.94. The number of aromatic nitrogens is 1. The van der Waals surface area contributed by atoms with Crippen LogP contribution in [0.4, 0.5) is 0 Å². The van der Waals surface area contributed by atoms with Crippen molar-refractivity contribution in [3.05, 3.63) is 63.8 Å². The minimum Gasteiger partial charge on any atom is -0.198 e. The van der Waals surface area contributed by atoms with Gasteiger partial charge in [0.2, 0.25) is 5.69 Å². The monoisotopic (exact) mass is 373 g/mol. The third-order valence-corrected chi connectivity index (χ3v) is 6.94. The summed E-state index contributed by atoms with van der Waals surface area (Å²) >= 11 is 0. The van der Waals surface area contributed by atoms with Crippen molar-refractivity contribution in [2.75, 3.05) is 0 Å². The number of benzene rings is 2. The van der Waals surface area contributed by atoms with Crippen molar-refractivity contribution in [2.45, 2.75) is 66.7 Å². The lowest BCUT2D eigenvalue weighted by Gasteiger charge is -2.16. The summed E-state index contributed by atoms with van der Waals surface area (Å²) in [5, 5.41) is 2.32. The Morgan fingerprint density at radius 1 is 0.964 bits per heavy atom. The normalized spacial score (nSPS) is 15.4. The molecule has 0 amide bonds. The molecule has 1 aliphatic carbocycles. The van der Waals surface area contributed by atoms with Crippen molar-refractivity contribution in [1.29, 1.82) is 0 Å². The van der Waals surface area contributed by atoms with E-state index in [-0.39, 0.29) is 0 Å². The average Bonchev–Trinajstić information content (AvgIpc) is 3.18. The molecule has 0 atom stereocenters. The lowest BCUT2D eigenvalue weighted by Crippen LogP contribution is -2.35. The van der Waals surface area contributed by atoms with Gasteiger partial charge in [0.1, 0.15) is 7.05 Å². The molecule has 146 valence electrons. The van der Waals surface area contributed by atoms with Crippen LogP contribution in [0.15, 0.2) is 30.3 Å². The van der Waals surface area contributed by atoms with E-state index in [0.29, 0.717) is 6.04 Å². The van der Waals surface area contributed by atoms with Gasteiger partial charge in [-0.15, -0.1) is 0 Å². The first kappa shape index (κ1) is 17.9. The van der Waals surface area contributed by atoms with E-state index >= 15 is 0 Å². The van der Waals surface area contributed by atoms with Gasteiger partial charge < -0.3 is 0 Å². The number of hydrogen-bond acceptors (Lipinski definition) is 0. The van der Waals surface area contributed by atoms with E-state index in [1.165, 1.54) is 76.6 Å². The molecule has 0 bridgehead atoms. The fourth-order valence-corrected chi connectivity index (χ4v) is 5.04. The van der Waals surface area contributed by atoms with E-state index in [0.717, 1.165) is 17.0 Å². The van der Waals surface area contributed by atoms with Crippen molar-refractivity contribution in [3.63, 3.8) is 0 Å². The molecular weight excluding hydrogens is 338 g/mol. The molecule has 0 N–H and O–H groups in total. The van der Waals surface area contributed by atoms with Crippen LogP contribution in [0.25, 0.3) is 22.0 Å². The SMILES string of the molecule is [2H]c1c(C)[n+](C)c(-c2cc(C)cc(C)c2C)c2cc(C)c(CC3CCCC3)cc12. The highest BCUT2D eigenvalue weighted by Crippen LogP contribution is 2.34. The lowest BCUT2D eigenvalue weighted by molar-refractivity contribution is -0.665. The van der Waals surface area contributed by atoms with E-state index in [2.05, 4.69) is 70.5 Å². The number of nitrogens with zero attached hydrogens (tertiary/aromatic N) is 1. The Hall–Kier alpha value is -2.15. The zero-order valence-corrected chi connectivity index (χ0v) is 18.4.